The number of hydrogen-bond acceptors (Lipinski definition) is 17. The fourth-order valence-corrected chi connectivity index (χ4v) is 5.93. The van der Waals surface area contributed by atoms with E-state index in [0.717, 1.165) is 57.9 Å². The standard InChI is InChI=1S/C23H43N3O5.C23H35N3O5.C4H8O.B/c2*1-22-5-2-6-23(21-22)26(9-13-29-17-15-27-11-3-7-24)10-14-30-18-20-31-19-16-28-12-4-8-25;1-2-4-5-3-1;/h2,5-6,21H,3-4,7-20,24-25H2,1H3;2,5-6,21H,3-4,9-20H2,1H3;1-4H2;. The molecule has 1 heterocycles. The smallest absolute Gasteiger partial charge is 0.0701 e. The average Bonchev–Trinajstić information content (AvgIpc) is 3.94. The predicted octanol–water partition coefficient (Wildman–Crippen LogP) is 4.71. The highest BCUT2D eigenvalue weighted by molar-refractivity contribution is 5.75. The number of nitriles is 2. The van der Waals surface area contributed by atoms with E-state index in [1.165, 1.54) is 29.7 Å². The molecule has 0 atom stereocenters. The zero-order valence-electron chi connectivity index (χ0n) is 41.7. The second-order valence-corrected chi connectivity index (χ2v) is 15.2. The average molecular weight is 958 g/mol. The van der Waals surface area contributed by atoms with Crippen LogP contribution in [0.2, 0.25) is 0 Å². The molecule has 0 saturated carbocycles. The number of nitrogens with zero attached hydrogens (tertiary/aromatic N) is 4. The lowest BCUT2D eigenvalue weighted by atomic mass is 10.2. The molecule has 17 nitrogen and oxygen atoms in total. The van der Waals surface area contributed by atoms with Gasteiger partial charge >= 0.3 is 0 Å². The molecule has 18 heteroatoms. The SMILES string of the molecule is C1CCOC1.Cc1cccc(N(CCOCCOCCC#N)CCOCCOCCOCCC#N)c1.Cc1cccc(N(CCOCCOCCCN)CCOCCOCCOCCCN)c1.[B]. The predicted molar refractivity (Wildman–Crippen MR) is 269 cm³/mol. The van der Waals surface area contributed by atoms with E-state index >= 15 is 0 Å². The normalized spacial score (nSPS) is 11.7. The lowest BCUT2D eigenvalue weighted by molar-refractivity contribution is 0.0154. The zero-order chi connectivity index (χ0) is 48.4. The molecule has 0 bridgehead atoms. The molecule has 4 N–H and O–H groups in total. The molecule has 1 fully saturated rings. The van der Waals surface area contributed by atoms with Crippen molar-refractivity contribution in [3.8, 4) is 12.1 Å². The first-order valence-corrected chi connectivity index (χ1v) is 24.2. The lowest BCUT2D eigenvalue weighted by Gasteiger charge is -2.25. The first-order valence-electron chi connectivity index (χ1n) is 24.2. The fourth-order valence-electron chi connectivity index (χ4n) is 5.93. The quantitative estimate of drug-likeness (QED) is 0.0683. The van der Waals surface area contributed by atoms with Crippen molar-refractivity contribution in [1.82, 2.24) is 0 Å². The lowest BCUT2D eigenvalue weighted by Crippen LogP contribution is -2.31. The summed E-state index contributed by atoms with van der Waals surface area (Å²) in [6.07, 6.45) is 5.13. The first-order chi connectivity index (χ1) is 33.0. The molecule has 68 heavy (non-hydrogen) atoms. The van der Waals surface area contributed by atoms with Gasteiger partial charge in [-0.2, -0.15) is 10.5 Å². The Bertz CT molecular complexity index is 1450. The van der Waals surface area contributed by atoms with Crippen molar-refractivity contribution in [1.29, 1.82) is 10.5 Å². The molecule has 3 rings (SSSR count). The van der Waals surface area contributed by atoms with Crippen LogP contribution in [-0.4, -0.2) is 193 Å². The monoisotopic (exact) mass is 958 g/mol. The number of hydrogen-bond donors (Lipinski definition) is 2. The second kappa shape index (κ2) is 51.4. The van der Waals surface area contributed by atoms with Crippen LogP contribution in [0.25, 0.3) is 0 Å². The third-order valence-electron chi connectivity index (χ3n) is 9.52. The summed E-state index contributed by atoms with van der Waals surface area (Å²) in [6.45, 7) is 21.9. The van der Waals surface area contributed by atoms with Crippen LogP contribution in [-0.2, 0) is 52.1 Å². The van der Waals surface area contributed by atoms with Crippen molar-refractivity contribution < 1.29 is 52.1 Å². The number of aryl methyl sites for hydroxylation is 2. The van der Waals surface area contributed by atoms with Gasteiger partial charge in [0.2, 0.25) is 0 Å². The molecule has 0 spiro atoms. The van der Waals surface area contributed by atoms with Crippen LogP contribution in [0, 0.1) is 36.5 Å². The Balaban J connectivity index is 0.00000118. The van der Waals surface area contributed by atoms with Crippen LogP contribution in [0.1, 0.15) is 49.7 Å². The highest BCUT2D eigenvalue weighted by Crippen LogP contribution is 2.17. The van der Waals surface area contributed by atoms with Crippen LogP contribution in [0.15, 0.2) is 48.5 Å². The minimum Gasteiger partial charge on any atom is -0.381 e. The summed E-state index contributed by atoms with van der Waals surface area (Å²) in [4.78, 5) is 4.53. The summed E-state index contributed by atoms with van der Waals surface area (Å²) in [5.74, 6) is 0. The van der Waals surface area contributed by atoms with E-state index in [1.807, 2.05) is 12.1 Å². The van der Waals surface area contributed by atoms with Gasteiger partial charge in [-0.05, 0) is 88.0 Å². The van der Waals surface area contributed by atoms with Gasteiger partial charge in [0.1, 0.15) is 0 Å². The summed E-state index contributed by atoms with van der Waals surface area (Å²) in [5, 5.41) is 16.9. The van der Waals surface area contributed by atoms with Crippen molar-refractivity contribution >= 4 is 19.8 Å². The maximum Gasteiger partial charge on any atom is 0.0701 e. The van der Waals surface area contributed by atoms with E-state index in [2.05, 4.69) is 72.2 Å². The number of rotatable bonds is 42. The Hall–Kier alpha value is -3.44. The molecule has 1 aliphatic heterocycles. The third kappa shape index (κ3) is 41.5. The van der Waals surface area contributed by atoms with Gasteiger partial charge in [0.05, 0.1) is 144 Å². The summed E-state index contributed by atoms with van der Waals surface area (Å²) in [5.41, 5.74) is 15.6. The van der Waals surface area contributed by atoms with Crippen molar-refractivity contribution in [3.63, 3.8) is 0 Å². The Morgan fingerprint density at radius 1 is 0.456 bits per heavy atom. The summed E-state index contributed by atoms with van der Waals surface area (Å²) < 4.78 is 60.2. The van der Waals surface area contributed by atoms with E-state index in [9.17, 15) is 0 Å². The van der Waals surface area contributed by atoms with E-state index in [-0.39, 0.29) is 8.41 Å². The highest BCUT2D eigenvalue weighted by atomic mass is 16.6. The number of nitrogens with two attached hydrogens (primary N) is 2. The Kier molecular flexibility index (Phi) is 48.8. The van der Waals surface area contributed by atoms with Crippen molar-refractivity contribution in [2.75, 3.05) is 194 Å². The number of benzene rings is 2. The Labute approximate surface area is 411 Å². The van der Waals surface area contributed by atoms with Crippen LogP contribution >= 0.6 is 0 Å². The summed E-state index contributed by atoms with van der Waals surface area (Å²) in [7, 11) is 0. The van der Waals surface area contributed by atoms with Crippen molar-refractivity contribution in [3.05, 3.63) is 59.7 Å². The van der Waals surface area contributed by atoms with Crippen LogP contribution in [0.4, 0.5) is 11.4 Å². The molecular weight excluding hydrogens is 871 g/mol. The molecule has 1 saturated heterocycles. The largest absolute Gasteiger partial charge is 0.381 e. The maximum absolute atomic E-state index is 8.48. The van der Waals surface area contributed by atoms with Gasteiger partial charge in [0.15, 0.2) is 0 Å². The topological polar surface area (TPSA) is 208 Å². The van der Waals surface area contributed by atoms with Crippen LogP contribution in [0.5, 0.6) is 0 Å². The second-order valence-electron chi connectivity index (χ2n) is 15.2. The molecule has 385 valence electrons. The minimum absolute atomic E-state index is 0. The molecule has 0 unspecified atom stereocenters. The maximum atomic E-state index is 8.48. The van der Waals surface area contributed by atoms with E-state index in [4.69, 9.17) is 74.1 Å². The van der Waals surface area contributed by atoms with Crippen LogP contribution < -0.4 is 21.3 Å². The molecule has 0 amide bonds. The Morgan fingerprint density at radius 2 is 0.750 bits per heavy atom. The molecule has 2 aromatic carbocycles. The van der Waals surface area contributed by atoms with Gasteiger partial charge in [0, 0.05) is 72.4 Å². The number of anilines is 2. The summed E-state index contributed by atoms with van der Waals surface area (Å²) >= 11 is 0. The Morgan fingerprint density at radius 3 is 1.01 bits per heavy atom. The molecule has 1 aliphatic rings. The van der Waals surface area contributed by atoms with Crippen molar-refractivity contribution in [2.45, 2.75) is 52.4 Å². The molecule has 0 aliphatic carbocycles. The van der Waals surface area contributed by atoms with Gasteiger partial charge in [-0.15, -0.1) is 0 Å². The minimum atomic E-state index is 0. The molecular formula is C50H86BN6O11. The van der Waals surface area contributed by atoms with E-state index in [1.54, 1.807) is 0 Å². The number of ether oxygens (including phenoxy) is 11. The fraction of sp³-hybridized carbons (Fsp3) is 0.720. The molecule has 3 radical (unpaired) electrons. The van der Waals surface area contributed by atoms with E-state index in [0.29, 0.717) is 158 Å². The first kappa shape index (κ1) is 64.6. The van der Waals surface area contributed by atoms with E-state index < -0.39 is 0 Å². The molecule has 2 aromatic rings. The van der Waals surface area contributed by atoms with Gasteiger partial charge < -0.3 is 73.4 Å². The summed E-state index contributed by atoms with van der Waals surface area (Å²) in [6, 6.07) is 20.9. The highest BCUT2D eigenvalue weighted by Gasteiger charge is 2.09. The van der Waals surface area contributed by atoms with Crippen LogP contribution in [0.3, 0.4) is 0 Å². The van der Waals surface area contributed by atoms with Gasteiger partial charge in [-0.25, -0.2) is 0 Å². The third-order valence-corrected chi connectivity index (χ3v) is 9.52. The molecule has 0 aromatic heterocycles. The van der Waals surface area contributed by atoms with Gasteiger partial charge in [0.25, 0.3) is 0 Å². The van der Waals surface area contributed by atoms with Gasteiger partial charge in [-0.1, -0.05) is 24.3 Å². The van der Waals surface area contributed by atoms with Gasteiger partial charge in [-0.3, -0.25) is 0 Å². The van der Waals surface area contributed by atoms with Crippen molar-refractivity contribution in [2.24, 2.45) is 11.5 Å². The zero-order valence-corrected chi connectivity index (χ0v) is 41.7.